The van der Waals surface area contributed by atoms with Crippen LogP contribution in [0.3, 0.4) is 0 Å². The van der Waals surface area contributed by atoms with Crippen LogP contribution in [-0.4, -0.2) is 19.3 Å². The van der Waals surface area contributed by atoms with Crippen molar-refractivity contribution >= 4 is 20.5 Å². The van der Waals surface area contributed by atoms with E-state index in [-0.39, 0.29) is 4.91 Å². The van der Waals surface area contributed by atoms with E-state index in [4.69, 9.17) is 0 Å². The lowest BCUT2D eigenvalue weighted by molar-refractivity contribution is -0.117. The third-order valence-corrected chi connectivity index (χ3v) is 5.52. The van der Waals surface area contributed by atoms with Crippen molar-refractivity contribution < 1.29 is 18.3 Å². The van der Waals surface area contributed by atoms with Gasteiger partial charge in [0.25, 0.3) is 0 Å². The van der Waals surface area contributed by atoms with Crippen LogP contribution in [0.1, 0.15) is 16.4 Å². The second kappa shape index (κ2) is 4.86. The fraction of sp³-hybridized carbons (Fsp3) is 0.0625. The number of ketones is 1. The van der Waals surface area contributed by atoms with Crippen molar-refractivity contribution in [2.24, 2.45) is 0 Å². The fourth-order valence-electron chi connectivity index (χ4n) is 2.48. The maximum atomic E-state index is 12.7. The summed E-state index contributed by atoms with van der Waals surface area (Å²) in [5.41, 5.74) is 0.682. The molecule has 106 valence electrons. The zero-order chi connectivity index (χ0) is 15.0. The minimum Gasteiger partial charge on any atom is -0.503 e. The van der Waals surface area contributed by atoms with Gasteiger partial charge in [-0.3, -0.25) is 4.79 Å². The van der Waals surface area contributed by atoms with Gasteiger partial charge in [-0.1, -0.05) is 60.7 Å². The van der Waals surface area contributed by atoms with Crippen LogP contribution in [0.25, 0.3) is 4.91 Å². The second-order valence-corrected chi connectivity index (χ2v) is 6.71. The Bertz CT molecular complexity index is 821. The minimum absolute atomic E-state index is 0.290. The van der Waals surface area contributed by atoms with Crippen LogP contribution in [0.2, 0.25) is 0 Å². The molecule has 2 aromatic rings. The Hall–Kier alpha value is -2.40. The normalized spacial score (nSPS) is 20.8. The first-order chi connectivity index (χ1) is 10.0. The Labute approximate surface area is 122 Å². The van der Waals surface area contributed by atoms with Crippen molar-refractivity contribution in [3.63, 3.8) is 0 Å². The molecule has 0 aromatic heterocycles. The number of carbonyl (C=O) groups is 1. The van der Waals surface area contributed by atoms with Crippen molar-refractivity contribution in [2.75, 3.05) is 0 Å². The summed E-state index contributed by atoms with van der Waals surface area (Å²) < 4.78 is 25.4. The van der Waals surface area contributed by atoms with Gasteiger partial charge in [0.05, 0.1) is 0 Å². The third-order valence-electron chi connectivity index (χ3n) is 3.42. The summed E-state index contributed by atoms with van der Waals surface area (Å²) in [5.74, 6) is -1.46. The van der Waals surface area contributed by atoms with E-state index < -0.39 is 26.6 Å². The predicted octanol–water partition coefficient (Wildman–Crippen LogP) is 2.65. The van der Waals surface area contributed by atoms with Gasteiger partial charge in [-0.25, -0.2) is 8.42 Å². The zero-order valence-electron chi connectivity index (χ0n) is 10.9. The van der Waals surface area contributed by atoms with Crippen LogP contribution in [0, 0.1) is 0 Å². The summed E-state index contributed by atoms with van der Waals surface area (Å²) in [7, 11) is -3.95. The molecule has 0 spiro atoms. The molecular weight excluding hydrogens is 288 g/mol. The molecule has 1 heterocycles. The van der Waals surface area contributed by atoms with Crippen LogP contribution in [0.5, 0.6) is 0 Å². The van der Waals surface area contributed by atoms with Crippen molar-refractivity contribution in [3.05, 3.63) is 77.5 Å². The van der Waals surface area contributed by atoms with Crippen LogP contribution in [-0.2, 0) is 14.6 Å². The van der Waals surface area contributed by atoms with Gasteiger partial charge >= 0.3 is 0 Å². The van der Waals surface area contributed by atoms with E-state index in [0.717, 1.165) is 0 Å². The number of hydrogen-bond donors (Lipinski definition) is 1. The molecule has 0 radical (unpaired) electrons. The average Bonchev–Trinajstić information content (AvgIpc) is 2.66. The zero-order valence-corrected chi connectivity index (χ0v) is 11.7. The van der Waals surface area contributed by atoms with E-state index in [1.54, 1.807) is 60.7 Å². The number of aliphatic hydroxyl groups excluding tert-OH is 1. The average molecular weight is 300 g/mol. The molecule has 0 aliphatic carbocycles. The lowest BCUT2D eigenvalue weighted by Gasteiger charge is -2.10. The van der Waals surface area contributed by atoms with Gasteiger partial charge in [-0.05, 0) is 11.1 Å². The molecule has 0 bridgehead atoms. The molecule has 0 unspecified atom stereocenters. The summed E-state index contributed by atoms with van der Waals surface area (Å²) >= 11 is 0. The van der Waals surface area contributed by atoms with Crippen molar-refractivity contribution in [2.45, 2.75) is 5.25 Å². The minimum atomic E-state index is -3.95. The molecule has 1 aliphatic rings. The molecule has 1 atom stereocenters. The van der Waals surface area contributed by atoms with Gasteiger partial charge in [-0.2, -0.15) is 0 Å². The van der Waals surface area contributed by atoms with Crippen molar-refractivity contribution in [3.8, 4) is 0 Å². The number of aliphatic hydroxyl groups is 1. The largest absolute Gasteiger partial charge is 0.503 e. The Morgan fingerprint density at radius 1 is 0.857 bits per heavy atom. The van der Waals surface area contributed by atoms with Crippen molar-refractivity contribution in [1.82, 2.24) is 0 Å². The summed E-state index contributed by atoms with van der Waals surface area (Å²) in [6, 6.07) is 16.4. The number of allylic oxidation sites excluding steroid dienone is 1. The summed E-state index contributed by atoms with van der Waals surface area (Å²) in [5, 5.41) is 8.66. The highest BCUT2D eigenvalue weighted by molar-refractivity contribution is 8.02. The summed E-state index contributed by atoms with van der Waals surface area (Å²) in [6.07, 6.45) is 0. The Balaban J connectivity index is 2.19. The SMILES string of the molecule is O=C1C(O)=C(c2ccccc2)S(=O)(=O)[C@@H]1c1ccccc1. The van der Waals surface area contributed by atoms with E-state index in [0.29, 0.717) is 11.1 Å². The molecular formula is C16H12O4S. The third kappa shape index (κ3) is 2.06. The molecule has 5 heteroatoms. The first kappa shape index (κ1) is 13.6. The Morgan fingerprint density at radius 2 is 1.38 bits per heavy atom. The topological polar surface area (TPSA) is 71.4 Å². The quantitative estimate of drug-likeness (QED) is 0.925. The monoisotopic (exact) mass is 300 g/mol. The number of hydrogen-bond acceptors (Lipinski definition) is 4. The predicted molar refractivity (Wildman–Crippen MR) is 79.1 cm³/mol. The maximum Gasteiger partial charge on any atom is 0.221 e. The van der Waals surface area contributed by atoms with Gasteiger partial charge in [0, 0.05) is 0 Å². The highest BCUT2D eigenvalue weighted by Crippen LogP contribution is 2.43. The molecule has 3 rings (SSSR count). The standard InChI is InChI=1S/C16H12O4S/c17-13-14(18)16(12-9-5-2-6-10-12)21(19,20)15(13)11-7-3-1-4-8-11/h1-10,15,18H/t15-/m1/s1. The number of carbonyl (C=O) groups excluding carboxylic acids is 1. The lowest BCUT2D eigenvalue weighted by Crippen LogP contribution is -2.15. The first-order valence-electron chi connectivity index (χ1n) is 6.35. The van der Waals surface area contributed by atoms with Gasteiger partial charge in [0.1, 0.15) is 4.91 Å². The molecule has 0 saturated carbocycles. The molecule has 2 aromatic carbocycles. The first-order valence-corrected chi connectivity index (χ1v) is 7.90. The molecule has 1 aliphatic heterocycles. The second-order valence-electron chi connectivity index (χ2n) is 4.74. The van der Waals surface area contributed by atoms with Crippen LogP contribution in [0.15, 0.2) is 66.4 Å². The number of rotatable bonds is 2. The van der Waals surface area contributed by atoms with E-state index >= 15 is 0 Å². The summed E-state index contributed by atoms with van der Waals surface area (Å²) in [4.78, 5) is 11.9. The molecule has 1 N–H and O–H groups in total. The van der Waals surface area contributed by atoms with Crippen molar-refractivity contribution in [1.29, 1.82) is 0 Å². The lowest BCUT2D eigenvalue weighted by atomic mass is 10.1. The highest BCUT2D eigenvalue weighted by atomic mass is 32.2. The Morgan fingerprint density at radius 3 is 1.95 bits per heavy atom. The smallest absolute Gasteiger partial charge is 0.221 e. The van der Waals surface area contributed by atoms with Gasteiger partial charge in [0.2, 0.25) is 5.78 Å². The molecule has 0 fully saturated rings. The van der Waals surface area contributed by atoms with Gasteiger partial charge in [0.15, 0.2) is 20.8 Å². The summed E-state index contributed by atoms with van der Waals surface area (Å²) in [6.45, 7) is 0. The molecule has 21 heavy (non-hydrogen) atoms. The number of Topliss-reactive ketones (excluding diaryl/α,β-unsaturated/α-hetero) is 1. The van der Waals surface area contributed by atoms with Crippen LogP contribution < -0.4 is 0 Å². The van der Waals surface area contributed by atoms with Gasteiger partial charge < -0.3 is 5.11 Å². The molecule has 0 saturated heterocycles. The Kier molecular flexibility index (Phi) is 3.14. The van der Waals surface area contributed by atoms with Crippen LogP contribution in [0.4, 0.5) is 0 Å². The van der Waals surface area contributed by atoms with Crippen LogP contribution >= 0.6 is 0 Å². The molecule has 0 amide bonds. The number of benzene rings is 2. The highest BCUT2D eigenvalue weighted by Gasteiger charge is 2.48. The molecule has 4 nitrogen and oxygen atoms in total. The van der Waals surface area contributed by atoms with E-state index in [9.17, 15) is 18.3 Å². The van der Waals surface area contributed by atoms with E-state index in [1.165, 1.54) is 0 Å². The fourth-order valence-corrected chi connectivity index (χ4v) is 4.46. The van der Waals surface area contributed by atoms with E-state index in [2.05, 4.69) is 0 Å². The number of sulfone groups is 1. The van der Waals surface area contributed by atoms with E-state index in [1.807, 2.05) is 0 Å². The maximum absolute atomic E-state index is 12.7. The van der Waals surface area contributed by atoms with Gasteiger partial charge in [-0.15, -0.1) is 0 Å².